The highest BCUT2D eigenvalue weighted by Gasteiger charge is 2.46. The molecular weight excluding hydrogens is 472 g/mol. The van der Waals surface area contributed by atoms with Crippen LogP contribution < -0.4 is 0 Å². The van der Waals surface area contributed by atoms with Crippen molar-refractivity contribution in [2.75, 3.05) is 6.61 Å². The van der Waals surface area contributed by atoms with E-state index in [2.05, 4.69) is 26.5 Å². The molecule has 7 heteroatoms. The number of hydrogen-bond acceptors (Lipinski definition) is 7. The van der Waals surface area contributed by atoms with Crippen LogP contribution >= 0.6 is 0 Å². The first-order valence-corrected chi connectivity index (χ1v) is 13.9. The molecule has 37 heavy (non-hydrogen) atoms. The van der Waals surface area contributed by atoms with Gasteiger partial charge in [0, 0.05) is 19.1 Å². The zero-order valence-corrected chi connectivity index (χ0v) is 22.2. The summed E-state index contributed by atoms with van der Waals surface area (Å²) < 4.78 is 23.4. The van der Waals surface area contributed by atoms with Crippen molar-refractivity contribution in [1.82, 2.24) is 0 Å². The molecule has 4 aliphatic rings. The Balaban J connectivity index is 1.44. The number of carbonyl (C=O) groups is 1. The van der Waals surface area contributed by atoms with E-state index < -0.39 is 24.3 Å². The highest BCUT2D eigenvalue weighted by atomic mass is 16.6. The Morgan fingerprint density at radius 2 is 1.92 bits per heavy atom. The van der Waals surface area contributed by atoms with E-state index in [1.165, 1.54) is 6.08 Å². The number of carbonyl (C=O) groups excluding carboxylic acids is 1. The van der Waals surface area contributed by atoms with Crippen LogP contribution in [0.1, 0.15) is 65.2 Å². The van der Waals surface area contributed by atoms with E-state index in [4.69, 9.17) is 18.9 Å². The van der Waals surface area contributed by atoms with Crippen LogP contribution in [0.4, 0.5) is 0 Å². The molecule has 7 nitrogen and oxygen atoms in total. The van der Waals surface area contributed by atoms with E-state index >= 15 is 0 Å². The summed E-state index contributed by atoms with van der Waals surface area (Å²) in [6.45, 7) is 9.29. The van der Waals surface area contributed by atoms with Gasteiger partial charge >= 0.3 is 5.97 Å². The average molecular weight is 517 g/mol. The van der Waals surface area contributed by atoms with E-state index in [9.17, 15) is 15.0 Å². The van der Waals surface area contributed by atoms with Gasteiger partial charge in [0.25, 0.3) is 0 Å². The molecule has 3 unspecified atom stereocenters. The predicted octanol–water partition coefficient (Wildman–Crippen LogP) is 4.19. The Bertz CT molecular complexity index is 864. The molecule has 4 heterocycles. The summed E-state index contributed by atoms with van der Waals surface area (Å²) >= 11 is 0. The largest absolute Gasteiger partial charge is 0.456 e. The molecule has 4 rings (SSSR count). The Morgan fingerprint density at radius 3 is 2.73 bits per heavy atom. The minimum absolute atomic E-state index is 0.0549. The monoisotopic (exact) mass is 516 g/mol. The number of hydrogen-bond donors (Lipinski definition) is 2. The molecule has 0 spiro atoms. The molecule has 0 aromatic rings. The number of rotatable bonds is 3. The highest BCUT2D eigenvalue weighted by molar-refractivity contribution is 5.82. The summed E-state index contributed by atoms with van der Waals surface area (Å²) in [6.07, 6.45) is 13.7. The first-order valence-electron chi connectivity index (χ1n) is 13.9. The molecule has 2 bridgehead atoms. The van der Waals surface area contributed by atoms with Gasteiger partial charge in [0.15, 0.2) is 0 Å². The van der Waals surface area contributed by atoms with Gasteiger partial charge in [-0.1, -0.05) is 56.4 Å². The van der Waals surface area contributed by atoms with Gasteiger partial charge in [-0.05, 0) is 56.8 Å². The van der Waals surface area contributed by atoms with Crippen molar-refractivity contribution >= 4 is 5.97 Å². The lowest BCUT2D eigenvalue weighted by Crippen LogP contribution is -2.33. The van der Waals surface area contributed by atoms with Crippen LogP contribution in [0, 0.1) is 11.8 Å². The van der Waals surface area contributed by atoms with Crippen LogP contribution in [-0.4, -0.2) is 71.6 Å². The second-order valence-electron chi connectivity index (χ2n) is 11.4. The van der Waals surface area contributed by atoms with Gasteiger partial charge in [-0.2, -0.15) is 0 Å². The van der Waals surface area contributed by atoms with E-state index in [1.54, 1.807) is 12.2 Å². The van der Waals surface area contributed by atoms with Gasteiger partial charge in [0.05, 0.1) is 30.5 Å². The molecule has 4 aliphatic heterocycles. The summed E-state index contributed by atoms with van der Waals surface area (Å²) in [6, 6.07) is 0. The zero-order valence-electron chi connectivity index (χ0n) is 22.2. The topological polar surface area (TPSA) is 97.8 Å². The van der Waals surface area contributed by atoms with E-state index in [-0.39, 0.29) is 30.5 Å². The average Bonchev–Trinajstić information content (AvgIpc) is 3.61. The van der Waals surface area contributed by atoms with Gasteiger partial charge < -0.3 is 29.2 Å². The van der Waals surface area contributed by atoms with E-state index in [0.717, 1.165) is 37.7 Å². The van der Waals surface area contributed by atoms with Gasteiger partial charge in [-0.25, -0.2) is 4.79 Å². The molecule has 0 aliphatic carbocycles. The van der Waals surface area contributed by atoms with Crippen LogP contribution in [0.3, 0.4) is 0 Å². The zero-order chi connectivity index (χ0) is 26.4. The Hall–Kier alpha value is -1.77. The summed E-state index contributed by atoms with van der Waals surface area (Å²) in [5, 5.41) is 21.7. The van der Waals surface area contributed by atoms with Gasteiger partial charge in [-0.3, -0.25) is 0 Å². The van der Waals surface area contributed by atoms with Crippen molar-refractivity contribution in [1.29, 1.82) is 0 Å². The van der Waals surface area contributed by atoms with Crippen molar-refractivity contribution in [3.63, 3.8) is 0 Å². The van der Waals surface area contributed by atoms with Crippen molar-refractivity contribution in [3.05, 3.63) is 48.6 Å². The number of ether oxygens (including phenoxy) is 4. The van der Waals surface area contributed by atoms with E-state index in [0.29, 0.717) is 37.7 Å². The first-order chi connectivity index (χ1) is 17.8. The number of epoxide rings is 1. The second kappa shape index (κ2) is 13.3. The summed E-state index contributed by atoms with van der Waals surface area (Å²) in [7, 11) is 0. The van der Waals surface area contributed by atoms with Crippen LogP contribution in [0.25, 0.3) is 0 Å². The minimum atomic E-state index is -1.01. The number of esters is 1. The Labute approximate surface area is 221 Å². The Morgan fingerprint density at radius 1 is 1.08 bits per heavy atom. The van der Waals surface area contributed by atoms with Crippen molar-refractivity contribution in [3.8, 4) is 0 Å². The van der Waals surface area contributed by atoms with Crippen LogP contribution in [0.15, 0.2) is 48.6 Å². The second-order valence-corrected chi connectivity index (χ2v) is 11.4. The minimum Gasteiger partial charge on any atom is -0.456 e. The molecule has 2 fully saturated rings. The number of cyclic esters (lactones) is 1. The molecule has 206 valence electrons. The van der Waals surface area contributed by atoms with Crippen molar-refractivity contribution < 1.29 is 34.0 Å². The maximum absolute atomic E-state index is 12.7. The third-order valence-electron chi connectivity index (χ3n) is 7.75. The predicted molar refractivity (Wildman–Crippen MR) is 141 cm³/mol. The van der Waals surface area contributed by atoms with Gasteiger partial charge in [0.1, 0.15) is 18.3 Å². The van der Waals surface area contributed by atoms with Crippen molar-refractivity contribution in [2.24, 2.45) is 11.8 Å². The molecule has 0 radical (unpaired) electrons. The number of fused-ring (bicyclic) bond motifs is 3. The van der Waals surface area contributed by atoms with Crippen LogP contribution in [-0.2, 0) is 23.7 Å². The fraction of sp³-hybridized carbons (Fsp3) is 0.700. The molecule has 0 aromatic heterocycles. The SMILES string of the molecule is C=C1C[C@H](C)C[C@@H]2CC=C[C@@H](CC=CC(=O)OC([C@@H](O)C=CC3CC(C)CCO3)C[C@@H]3O[C@H]3[C@@H](O)C1)O2. The van der Waals surface area contributed by atoms with Crippen LogP contribution in [0.2, 0.25) is 0 Å². The maximum Gasteiger partial charge on any atom is 0.330 e. The lowest BCUT2D eigenvalue weighted by atomic mass is 9.91. The lowest BCUT2D eigenvalue weighted by Gasteiger charge is -2.28. The smallest absolute Gasteiger partial charge is 0.330 e. The maximum atomic E-state index is 12.7. The Kier molecular flexibility index (Phi) is 10.2. The molecule has 2 N–H and O–H groups in total. The normalized spacial score (nSPS) is 40.9. The van der Waals surface area contributed by atoms with Crippen LogP contribution in [0.5, 0.6) is 0 Å². The summed E-state index contributed by atoms with van der Waals surface area (Å²) in [4.78, 5) is 12.7. The van der Waals surface area contributed by atoms with Crippen molar-refractivity contribution in [2.45, 2.75) is 114 Å². The molecule has 2 saturated heterocycles. The number of aliphatic hydroxyl groups is 2. The summed E-state index contributed by atoms with van der Waals surface area (Å²) in [5.74, 6) is 0.439. The molecule has 10 atom stereocenters. The molecule has 0 saturated carbocycles. The summed E-state index contributed by atoms with van der Waals surface area (Å²) in [5.41, 5.74) is 0.994. The first kappa shape index (κ1) is 28.2. The molecule has 0 amide bonds. The van der Waals surface area contributed by atoms with Gasteiger partial charge in [0.2, 0.25) is 0 Å². The van der Waals surface area contributed by atoms with Gasteiger partial charge in [-0.15, -0.1) is 0 Å². The van der Waals surface area contributed by atoms with E-state index in [1.807, 2.05) is 12.2 Å². The number of aliphatic hydroxyl groups excluding tert-OH is 2. The quantitative estimate of drug-likeness (QED) is 0.330. The standard InChI is InChI=1S/C30H44O7/c1-19-12-13-34-23(15-19)10-11-25(31)27-18-28-30(37-28)26(32)17-21(3)14-20(2)16-24-8-4-6-22(35-24)7-5-9-29(33)36-27/h4-6,9-11,19-20,22-28,30-32H,3,7-8,12-18H2,1-2H3/t19?,20-,22-,23?,24-,25-,26-,27?,28-,30-/m0/s1. The third kappa shape index (κ3) is 8.89. The lowest BCUT2D eigenvalue weighted by molar-refractivity contribution is -0.148. The fourth-order valence-corrected chi connectivity index (χ4v) is 5.69. The third-order valence-corrected chi connectivity index (χ3v) is 7.75. The highest BCUT2D eigenvalue weighted by Crippen LogP contribution is 2.35. The molecule has 0 aromatic carbocycles. The molecular formula is C30H44O7. The fourth-order valence-electron chi connectivity index (χ4n) is 5.69.